The smallest absolute Gasteiger partial charge is 0.240 e. The first-order valence-corrected chi connectivity index (χ1v) is 55.5. The number of benzene rings is 9. The van der Waals surface area contributed by atoms with E-state index in [4.69, 9.17) is 0 Å². The predicted octanol–water partition coefficient (Wildman–Crippen LogP) is 20.5. The number of carbonyl (C=O) groups is 1. The first kappa shape index (κ1) is 102. The molecule has 13 aromatic rings. The Morgan fingerprint density at radius 3 is 1.22 bits per heavy atom. The number of aromatic nitrogens is 4. The van der Waals surface area contributed by atoms with Crippen LogP contribution in [-0.4, -0.2) is 251 Å². The highest BCUT2D eigenvalue weighted by Gasteiger charge is 2.32. The van der Waals surface area contributed by atoms with Gasteiger partial charge < -0.3 is 65.7 Å². The van der Waals surface area contributed by atoms with Gasteiger partial charge in [0.05, 0.1) is 34.7 Å². The summed E-state index contributed by atoms with van der Waals surface area (Å²) in [6, 6.07) is 88.5. The highest BCUT2D eigenvalue weighted by Crippen LogP contribution is 2.38. The number of H-pyrrole nitrogens is 4. The van der Waals surface area contributed by atoms with Crippen LogP contribution in [0.5, 0.6) is 0 Å². The number of nitrogens with one attached hydrogen (secondary N) is 9. The van der Waals surface area contributed by atoms with Crippen LogP contribution in [0.4, 0.5) is 22.7 Å². The average molecular weight is 1960 g/mol. The van der Waals surface area contributed by atoms with Crippen molar-refractivity contribution >= 4 is 82.3 Å². The van der Waals surface area contributed by atoms with Crippen LogP contribution in [0.15, 0.2) is 235 Å². The molecule has 9 N–H and O–H groups in total. The van der Waals surface area contributed by atoms with Gasteiger partial charge in [-0.15, -0.1) is 0 Å². The molecule has 24 heteroatoms. The third-order valence-corrected chi connectivity index (χ3v) is 33.5. The highest BCUT2D eigenvalue weighted by molar-refractivity contribution is 7.89. The number of fused-ring (bicyclic) bond motifs is 4. The van der Waals surface area contributed by atoms with E-state index < -0.39 is 10.0 Å². The Kier molecular flexibility index (Phi) is 34.6. The molecule has 0 atom stereocenters. The van der Waals surface area contributed by atoms with E-state index in [1.807, 2.05) is 78.9 Å². The molecular formula is C120H154N20O3S. The number of nitriles is 2. The standard InChI is InChI=1S/C34H43N5O2S.C29H38N6.C29H36N4.C28H37N5O/c1-25(2)38-17-13-29(14-18-38)36-30-15-19-39(20-16-30)31-10-6-9-27(21-31)34-23-28-22-32(11-12-33(28)37-34)42(40,41)35-24-26-7-4-3-5-8-26;1-22(2)34-16-14-33(15-17-34)13-10-31-26-8-11-35(12-9-26)27-5-3-4-24(19-27)29-20-25-7-6-23(21-30)18-28(25)32-29;1-20(2)22-7-9-25(10-8-22)31-26-12-14-33(15-13-26)27-5-3-4-23(17-27)29-18-24-16-21(19-30)6-11-28(24)32-29;1-21(2)32-16-14-31(15-17-32)20-28(34)29-24-10-12-33(13-11-24)25-8-5-7-22(18-25)27-19-23-6-3-4-9-26(23)30-27/h3-12,21-23,25,29-30,35-37H,13-20,24H2,1-2H3;3-7,18-20,22,26,31-32H,8-17H2,1-2H3;3-6,11,16-18,20,22,25-26,31-32H,7-10,12-15H2,1-2H3;3-9,18-19,21,24,30H,10-17,20H2,1-2H3,(H,29,34). The molecule has 7 saturated heterocycles. The van der Waals surface area contributed by atoms with Crippen molar-refractivity contribution in [2.24, 2.45) is 11.8 Å². The lowest BCUT2D eigenvalue weighted by Crippen LogP contribution is -2.52. The Bertz CT molecular complexity index is 6510. The van der Waals surface area contributed by atoms with E-state index in [1.54, 1.807) is 12.1 Å². The molecule has 1 aliphatic carbocycles. The van der Waals surface area contributed by atoms with Crippen molar-refractivity contribution in [2.75, 3.05) is 157 Å². The molecule has 758 valence electrons. The quantitative estimate of drug-likeness (QED) is 0.0232. The van der Waals surface area contributed by atoms with Crippen LogP contribution < -0.4 is 45.6 Å². The van der Waals surface area contributed by atoms with Gasteiger partial charge in [0, 0.05) is 268 Å². The highest BCUT2D eigenvalue weighted by atomic mass is 32.2. The summed E-state index contributed by atoms with van der Waals surface area (Å²) in [5.74, 6) is 1.95. The molecule has 0 unspecified atom stereocenters. The summed E-state index contributed by atoms with van der Waals surface area (Å²) in [5, 5.41) is 37.8. The molecule has 0 bridgehead atoms. The second-order valence-electron chi connectivity index (χ2n) is 42.9. The fourth-order valence-corrected chi connectivity index (χ4v) is 24.0. The molecule has 1 saturated carbocycles. The maximum Gasteiger partial charge on any atom is 0.240 e. The molecule has 0 spiro atoms. The molecule has 7 aliphatic heterocycles. The molecule has 21 rings (SSSR count). The van der Waals surface area contributed by atoms with E-state index in [1.165, 1.54) is 154 Å². The second-order valence-corrected chi connectivity index (χ2v) is 44.7. The van der Waals surface area contributed by atoms with Gasteiger partial charge in [0.2, 0.25) is 15.9 Å². The lowest BCUT2D eigenvalue weighted by Gasteiger charge is -2.39. The number of carbonyl (C=O) groups excluding carboxylic acids is 1. The Labute approximate surface area is 855 Å². The average Bonchev–Trinajstić information content (AvgIpc) is 1.66. The third kappa shape index (κ3) is 27.0. The van der Waals surface area contributed by atoms with E-state index in [9.17, 15) is 23.7 Å². The van der Waals surface area contributed by atoms with Crippen molar-refractivity contribution in [3.63, 3.8) is 0 Å². The predicted molar refractivity (Wildman–Crippen MR) is 595 cm³/mol. The number of hydrogen-bond donors (Lipinski definition) is 9. The van der Waals surface area contributed by atoms with Crippen molar-refractivity contribution in [1.82, 2.24) is 70.4 Å². The van der Waals surface area contributed by atoms with E-state index in [0.717, 1.165) is 202 Å². The number of piperidine rings is 5. The van der Waals surface area contributed by atoms with Crippen LogP contribution in [0.2, 0.25) is 0 Å². The first-order chi connectivity index (χ1) is 70.1. The van der Waals surface area contributed by atoms with E-state index in [2.05, 4.69) is 297 Å². The SMILES string of the molecule is CC(C)C1CCC(NC2CCN(c3cccc(-c4cc5cc(C#N)ccc5[nH]4)c3)CC2)CC1.CC(C)N1CCC(NC2CCN(c3cccc(-c4cc5cc(S(=O)(=O)NCc6ccccc6)ccc5[nH]4)c3)CC2)CC1.CC(C)N1CCN(CC(=O)NC2CCN(c3cccc(-c4cc5ccccc5[nH]4)c3)CC2)CC1.CC(C)N1CCN(CCNC2CCN(c3cccc(-c4cc5ccc(C#N)cc5[nH]4)c3)CC2)CC1. The van der Waals surface area contributed by atoms with Crippen LogP contribution in [0.3, 0.4) is 0 Å². The maximum atomic E-state index is 13.0. The summed E-state index contributed by atoms with van der Waals surface area (Å²) in [5.41, 5.74) is 20.6. The summed E-state index contributed by atoms with van der Waals surface area (Å²) in [4.78, 5) is 49.5. The van der Waals surface area contributed by atoms with Gasteiger partial charge in [-0.1, -0.05) is 117 Å². The van der Waals surface area contributed by atoms with Crippen LogP contribution in [-0.2, 0) is 21.4 Å². The van der Waals surface area contributed by atoms with Crippen LogP contribution in [0.25, 0.3) is 88.6 Å². The molecule has 9 aromatic carbocycles. The summed E-state index contributed by atoms with van der Waals surface area (Å²) >= 11 is 0. The van der Waals surface area contributed by atoms with Crippen LogP contribution >= 0.6 is 0 Å². The fourth-order valence-electron chi connectivity index (χ4n) is 23.0. The lowest BCUT2D eigenvalue weighted by atomic mass is 9.79. The van der Waals surface area contributed by atoms with Gasteiger partial charge in [-0.05, 0) is 312 Å². The van der Waals surface area contributed by atoms with E-state index in [0.29, 0.717) is 60.0 Å². The van der Waals surface area contributed by atoms with Crippen LogP contribution in [0, 0.1) is 34.5 Å². The zero-order chi connectivity index (χ0) is 99.6. The minimum Gasteiger partial charge on any atom is -0.371 e. The third-order valence-electron chi connectivity index (χ3n) is 32.1. The number of piperazine rings is 2. The van der Waals surface area contributed by atoms with Gasteiger partial charge in [-0.3, -0.25) is 24.4 Å². The number of aromatic amines is 4. The van der Waals surface area contributed by atoms with Crippen molar-refractivity contribution in [3.8, 4) is 57.2 Å². The largest absolute Gasteiger partial charge is 0.371 e. The van der Waals surface area contributed by atoms with E-state index >= 15 is 0 Å². The number of sulfonamides is 1. The normalized spacial score (nSPS) is 19.1. The number of hydrogen-bond acceptors (Lipinski definition) is 17. The molecule has 23 nitrogen and oxygen atoms in total. The van der Waals surface area contributed by atoms with Crippen molar-refractivity contribution in [3.05, 3.63) is 247 Å². The molecule has 4 aromatic heterocycles. The summed E-state index contributed by atoms with van der Waals surface area (Å²) < 4.78 is 28.7. The summed E-state index contributed by atoms with van der Waals surface area (Å²) in [6.45, 7) is 41.2. The molecule has 1 amide bonds. The number of para-hydroxylation sites is 1. The van der Waals surface area contributed by atoms with Gasteiger partial charge in [-0.2, -0.15) is 10.5 Å². The van der Waals surface area contributed by atoms with Gasteiger partial charge in [0.25, 0.3) is 0 Å². The van der Waals surface area contributed by atoms with Crippen LogP contribution in [0.1, 0.15) is 162 Å². The minimum atomic E-state index is -3.62. The van der Waals surface area contributed by atoms with Crippen molar-refractivity contribution < 1.29 is 13.2 Å². The topological polar surface area (TPSA) is 251 Å². The van der Waals surface area contributed by atoms with Gasteiger partial charge in [0.15, 0.2) is 0 Å². The zero-order valence-electron chi connectivity index (χ0n) is 86.3. The monoisotopic (exact) mass is 1960 g/mol. The Morgan fingerprint density at radius 1 is 0.354 bits per heavy atom. The minimum absolute atomic E-state index is 0.178. The Balaban J connectivity index is 0.000000127. The molecule has 8 aliphatic rings. The van der Waals surface area contributed by atoms with Gasteiger partial charge in [-0.25, -0.2) is 13.1 Å². The Hall–Kier alpha value is -11.6. The fraction of sp³-hybridized carbons (Fsp3) is 0.458. The molecule has 0 radical (unpaired) electrons. The lowest BCUT2D eigenvalue weighted by molar-refractivity contribution is -0.123. The number of nitrogens with zero attached hydrogens (tertiary/aromatic N) is 11. The van der Waals surface area contributed by atoms with Gasteiger partial charge >= 0.3 is 0 Å². The summed E-state index contributed by atoms with van der Waals surface area (Å²) in [6.07, 6.45) is 17.1. The molecule has 144 heavy (non-hydrogen) atoms. The number of rotatable bonds is 27. The second kappa shape index (κ2) is 48.6. The molecular weight excluding hydrogens is 1800 g/mol. The number of likely N-dealkylation sites (tertiary alicyclic amines) is 1. The van der Waals surface area contributed by atoms with Gasteiger partial charge in [0.1, 0.15) is 0 Å². The number of amides is 1. The number of anilines is 4. The summed E-state index contributed by atoms with van der Waals surface area (Å²) in [7, 11) is -3.62. The maximum absolute atomic E-state index is 13.0. The van der Waals surface area contributed by atoms with Crippen molar-refractivity contribution in [1.29, 1.82) is 10.5 Å². The Morgan fingerprint density at radius 2 is 0.743 bits per heavy atom. The molecule has 8 fully saturated rings. The zero-order valence-corrected chi connectivity index (χ0v) is 87.1. The first-order valence-electron chi connectivity index (χ1n) is 54.0. The van der Waals surface area contributed by atoms with Crippen molar-refractivity contribution in [2.45, 2.75) is 211 Å². The van der Waals surface area contributed by atoms with E-state index in [-0.39, 0.29) is 23.4 Å². The molecule has 11 heterocycles.